The normalized spacial score (nSPS) is 19.7. The standard InChI is InChI=1S/C18H18N4O5/c1-4-13-20-17(27-21-13)14-9(2)19-10(3)15(18(23)24)16(14)11-7-5-6-8-12(11)22(25)26/h5-8,15-16H,4H2,1-3H3,(H,23,24). The van der Waals surface area contributed by atoms with Gasteiger partial charge in [0.05, 0.1) is 4.92 Å². The quantitative estimate of drug-likeness (QED) is 0.631. The molecule has 140 valence electrons. The van der Waals surface area contributed by atoms with Crippen molar-refractivity contribution in [1.82, 2.24) is 10.1 Å². The Hall–Kier alpha value is -3.36. The van der Waals surface area contributed by atoms with E-state index >= 15 is 0 Å². The lowest BCUT2D eigenvalue weighted by Gasteiger charge is -2.29. The molecule has 2 unspecified atom stereocenters. The number of carboxylic acid groups (broad SMARTS) is 1. The predicted octanol–water partition coefficient (Wildman–Crippen LogP) is 3.23. The Bertz CT molecular complexity index is 976. The number of nitro groups is 1. The molecule has 9 heteroatoms. The molecule has 3 rings (SSSR count). The summed E-state index contributed by atoms with van der Waals surface area (Å²) in [5.41, 5.74) is 1.37. The minimum absolute atomic E-state index is 0.134. The van der Waals surface area contributed by atoms with Gasteiger partial charge in [-0.05, 0) is 13.8 Å². The van der Waals surface area contributed by atoms with Crippen molar-refractivity contribution in [2.45, 2.75) is 33.1 Å². The fraction of sp³-hybridized carbons (Fsp3) is 0.333. The number of allylic oxidation sites excluding steroid dienone is 2. The third kappa shape index (κ3) is 3.23. The third-order valence-corrected chi connectivity index (χ3v) is 4.58. The zero-order valence-corrected chi connectivity index (χ0v) is 15.0. The van der Waals surface area contributed by atoms with Crippen LogP contribution in [0.5, 0.6) is 0 Å². The second-order valence-corrected chi connectivity index (χ2v) is 6.23. The zero-order valence-electron chi connectivity index (χ0n) is 15.0. The van der Waals surface area contributed by atoms with Gasteiger partial charge in [0.2, 0.25) is 0 Å². The van der Waals surface area contributed by atoms with Crippen LogP contribution in [0, 0.1) is 16.0 Å². The van der Waals surface area contributed by atoms with Crippen molar-refractivity contribution >= 4 is 22.9 Å². The fourth-order valence-electron chi connectivity index (χ4n) is 3.40. The number of hydrogen-bond acceptors (Lipinski definition) is 7. The number of benzene rings is 1. The van der Waals surface area contributed by atoms with Crippen LogP contribution in [0.3, 0.4) is 0 Å². The molecule has 2 heterocycles. The summed E-state index contributed by atoms with van der Waals surface area (Å²) in [6, 6.07) is 6.09. The summed E-state index contributed by atoms with van der Waals surface area (Å²) in [6.45, 7) is 5.17. The molecule has 0 fully saturated rings. The van der Waals surface area contributed by atoms with E-state index in [1.165, 1.54) is 6.07 Å². The van der Waals surface area contributed by atoms with Crippen LogP contribution in [-0.2, 0) is 11.2 Å². The van der Waals surface area contributed by atoms with Gasteiger partial charge in [-0.2, -0.15) is 4.98 Å². The van der Waals surface area contributed by atoms with Gasteiger partial charge in [0.1, 0.15) is 5.92 Å². The summed E-state index contributed by atoms with van der Waals surface area (Å²) in [5, 5.41) is 25.3. The van der Waals surface area contributed by atoms with E-state index in [9.17, 15) is 20.0 Å². The highest BCUT2D eigenvalue weighted by molar-refractivity contribution is 6.06. The van der Waals surface area contributed by atoms with E-state index in [-0.39, 0.29) is 17.1 Å². The highest BCUT2D eigenvalue weighted by Gasteiger charge is 2.43. The largest absolute Gasteiger partial charge is 0.481 e. The molecule has 9 nitrogen and oxygen atoms in total. The lowest BCUT2D eigenvalue weighted by Crippen LogP contribution is -2.32. The van der Waals surface area contributed by atoms with E-state index in [2.05, 4.69) is 15.1 Å². The predicted molar refractivity (Wildman–Crippen MR) is 96.3 cm³/mol. The first-order valence-corrected chi connectivity index (χ1v) is 8.40. The Morgan fingerprint density at radius 1 is 1.33 bits per heavy atom. The van der Waals surface area contributed by atoms with E-state index < -0.39 is 22.7 Å². The first-order chi connectivity index (χ1) is 12.8. The molecule has 1 aliphatic heterocycles. The van der Waals surface area contributed by atoms with Crippen LogP contribution < -0.4 is 0 Å². The fourth-order valence-corrected chi connectivity index (χ4v) is 3.40. The molecule has 0 aliphatic carbocycles. The van der Waals surface area contributed by atoms with Gasteiger partial charge in [-0.15, -0.1) is 0 Å². The SMILES string of the molecule is CCc1noc(C2=C(C)N=C(C)C(C(=O)O)C2c2ccccc2[N+](=O)[O-])n1. The van der Waals surface area contributed by atoms with Crippen LogP contribution in [0.1, 0.15) is 44.0 Å². The molecule has 0 radical (unpaired) electrons. The number of nitrogens with zero attached hydrogens (tertiary/aromatic N) is 4. The minimum Gasteiger partial charge on any atom is -0.481 e. The van der Waals surface area contributed by atoms with Gasteiger partial charge in [0, 0.05) is 41.0 Å². The molecule has 1 aromatic heterocycles. The highest BCUT2D eigenvalue weighted by Crippen LogP contribution is 2.46. The molecular weight excluding hydrogens is 352 g/mol. The monoisotopic (exact) mass is 370 g/mol. The number of carbonyl (C=O) groups is 1. The van der Waals surface area contributed by atoms with Crippen LogP contribution >= 0.6 is 0 Å². The average Bonchev–Trinajstić information content (AvgIpc) is 3.09. The topological polar surface area (TPSA) is 132 Å². The number of carboxylic acids is 1. The zero-order chi connectivity index (χ0) is 19.7. The van der Waals surface area contributed by atoms with Crippen molar-refractivity contribution in [2.24, 2.45) is 10.9 Å². The molecule has 1 N–H and O–H groups in total. The van der Waals surface area contributed by atoms with Gasteiger partial charge >= 0.3 is 5.97 Å². The Balaban J connectivity index is 2.29. The van der Waals surface area contributed by atoms with Crippen LogP contribution in [-0.4, -0.2) is 31.9 Å². The molecule has 0 saturated carbocycles. The van der Waals surface area contributed by atoms with E-state index in [1.807, 2.05) is 6.92 Å². The molecule has 0 bridgehead atoms. The second kappa shape index (κ2) is 7.10. The van der Waals surface area contributed by atoms with Crippen LogP contribution in [0.25, 0.3) is 5.57 Å². The van der Waals surface area contributed by atoms with E-state index in [0.29, 0.717) is 29.2 Å². The summed E-state index contributed by atoms with van der Waals surface area (Å²) in [6.07, 6.45) is 0.538. The van der Waals surface area contributed by atoms with Crippen molar-refractivity contribution < 1.29 is 19.3 Å². The van der Waals surface area contributed by atoms with Gasteiger partial charge in [0.15, 0.2) is 5.82 Å². The van der Waals surface area contributed by atoms with Crippen molar-refractivity contribution in [3.8, 4) is 0 Å². The molecule has 1 aromatic carbocycles. The van der Waals surface area contributed by atoms with E-state index in [4.69, 9.17) is 4.52 Å². The Labute approximate surface area is 154 Å². The van der Waals surface area contributed by atoms with Gasteiger partial charge < -0.3 is 9.63 Å². The Kier molecular flexibility index (Phi) is 4.85. The van der Waals surface area contributed by atoms with Crippen molar-refractivity contribution in [3.05, 3.63) is 57.4 Å². The van der Waals surface area contributed by atoms with E-state index in [0.717, 1.165) is 0 Å². The molecule has 27 heavy (non-hydrogen) atoms. The molecule has 2 atom stereocenters. The summed E-state index contributed by atoms with van der Waals surface area (Å²) >= 11 is 0. The third-order valence-electron chi connectivity index (χ3n) is 4.58. The summed E-state index contributed by atoms with van der Waals surface area (Å²) < 4.78 is 5.33. The van der Waals surface area contributed by atoms with Gasteiger partial charge in [-0.25, -0.2) is 0 Å². The number of aromatic nitrogens is 2. The number of para-hydroxylation sites is 1. The number of aliphatic imine (C=N–C) groups is 1. The van der Waals surface area contributed by atoms with Crippen molar-refractivity contribution in [2.75, 3.05) is 0 Å². The first-order valence-electron chi connectivity index (χ1n) is 8.40. The maximum Gasteiger partial charge on any atom is 0.313 e. The molecule has 1 aliphatic rings. The van der Waals surface area contributed by atoms with Crippen molar-refractivity contribution in [1.29, 1.82) is 0 Å². The Morgan fingerprint density at radius 3 is 2.63 bits per heavy atom. The van der Waals surface area contributed by atoms with Gasteiger partial charge in [-0.1, -0.05) is 30.3 Å². The molecular formula is C18H18N4O5. The van der Waals surface area contributed by atoms with Crippen LogP contribution in [0.2, 0.25) is 0 Å². The first kappa shape index (κ1) is 18.4. The number of rotatable bonds is 5. The summed E-state index contributed by atoms with van der Waals surface area (Å²) in [5.74, 6) is -2.48. The maximum absolute atomic E-state index is 12.0. The number of hydrogen-bond donors (Lipinski definition) is 1. The molecule has 2 aromatic rings. The number of aliphatic carboxylic acids is 1. The van der Waals surface area contributed by atoms with Gasteiger partial charge in [0.25, 0.3) is 11.6 Å². The Morgan fingerprint density at radius 2 is 2.04 bits per heavy atom. The number of aryl methyl sites for hydroxylation is 1. The van der Waals surface area contributed by atoms with Gasteiger partial charge in [-0.3, -0.25) is 19.9 Å². The lowest BCUT2D eigenvalue weighted by molar-refractivity contribution is -0.385. The molecule has 0 spiro atoms. The lowest BCUT2D eigenvalue weighted by atomic mass is 9.75. The van der Waals surface area contributed by atoms with E-state index in [1.54, 1.807) is 32.0 Å². The average molecular weight is 370 g/mol. The molecule has 0 saturated heterocycles. The summed E-state index contributed by atoms with van der Waals surface area (Å²) in [4.78, 5) is 31.7. The minimum atomic E-state index is -1.13. The smallest absolute Gasteiger partial charge is 0.313 e. The molecule has 0 amide bonds. The van der Waals surface area contributed by atoms with Crippen LogP contribution in [0.4, 0.5) is 5.69 Å². The summed E-state index contributed by atoms with van der Waals surface area (Å²) in [7, 11) is 0. The highest BCUT2D eigenvalue weighted by atomic mass is 16.6. The maximum atomic E-state index is 12.0. The van der Waals surface area contributed by atoms with Crippen LogP contribution in [0.15, 0.2) is 39.5 Å². The second-order valence-electron chi connectivity index (χ2n) is 6.23. The van der Waals surface area contributed by atoms with Crippen molar-refractivity contribution in [3.63, 3.8) is 0 Å². The number of nitro benzene ring substituents is 1.